The maximum Gasteiger partial charge on any atom is 0.416 e. The fraction of sp³-hybridized carbons (Fsp3) is 0.745. The summed E-state index contributed by atoms with van der Waals surface area (Å²) in [6.07, 6.45) is 66.2. The topological polar surface area (TPSA) is 14.1 Å². The lowest BCUT2D eigenvalue weighted by atomic mass is 9.13. The van der Waals surface area contributed by atoms with Gasteiger partial charge in [-0.15, -0.1) is 0 Å². The van der Waals surface area contributed by atoms with Gasteiger partial charge in [-0.3, -0.25) is 0 Å². The molecule has 0 amide bonds. The third-order valence-corrected chi connectivity index (χ3v) is 33.3. The Kier molecular flexibility index (Phi) is 54.4. The molecular weight excluding hydrogens is 1440 g/mol. The molecule has 0 spiro atoms. The largest absolute Gasteiger partial charge is 0.416 e. The maximum absolute atomic E-state index is 13.3. The van der Waals surface area contributed by atoms with Gasteiger partial charge in [-0.05, 0) is 38.5 Å². The monoisotopic (exact) mass is 1600 g/mol. The quantitative estimate of drug-likeness (QED) is 0.0138. The van der Waals surface area contributed by atoms with Crippen LogP contribution >= 0.6 is 14.1 Å². The predicted octanol–water partition coefficient (Wildman–Crippen LogP) is 32.8. The molecule has 0 radical (unpaired) electrons. The molecule has 632 valence electrons. The van der Waals surface area contributed by atoms with Gasteiger partial charge in [0.1, 0.15) is 6.15 Å². The van der Waals surface area contributed by atoms with Gasteiger partial charge in [0.25, 0.3) is 0 Å². The van der Waals surface area contributed by atoms with Gasteiger partial charge in [-0.25, -0.2) is 0 Å². The van der Waals surface area contributed by atoms with E-state index in [0.29, 0.717) is 48.5 Å². The van der Waals surface area contributed by atoms with E-state index in [1.54, 1.807) is 0 Å². The number of alkyl halides is 12. The van der Waals surface area contributed by atoms with Gasteiger partial charge in [0, 0.05) is 37.0 Å². The van der Waals surface area contributed by atoms with E-state index in [2.05, 4.69) is 41.5 Å². The van der Waals surface area contributed by atoms with Crippen LogP contribution in [0.25, 0.3) is 0 Å². The van der Waals surface area contributed by atoms with Crippen molar-refractivity contribution in [2.24, 2.45) is 0 Å². The van der Waals surface area contributed by atoms with E-state index in [0.717, 1.165) is 48.5 Å². The van der Waals surface area contributed by atoms with Crippen molar-refractivity contribution in [1.29, 1.82) is 0 Å². The average molecular weight is 1600 g/mol. The van der Waals surface area contributed by atoms with E-state index in [4.69, 9.17) is 4.17 Å². The predicted molar refractivity (Wildman–Crippen MR) is 459 cm³/mol. The molecule has 0 saturated carbocycles. The van der Waals surface area contributed by atoms with Crippen LogP contribution in [0.15, 0.2) is 97.1 Å². The average Bonchev–Trinajstić information content (AvgIpc) is 0.728. The molecule has 4 aromatic rings. The van der Waals surface area contributed by atoms with Crippen LogP contribution in [0, 0.1) is 0 Å². The molecule has 0 fully saturated rings. The Labute approximate surface area is 664 Å². The molecule has 0 bridgehead atoms. The number of halogens is 12. The third-order valence-electron chi connectivity index (χ3n) is 23.4. The minimum Gasteiger partial charge on any atom is -0.195 e. The van der Waals surface area contributed by atoms with E-state index < -0.39 is 67.2 Å². The molecule has 0 aliphatic heterocycles. The zero-order valence-corrected chi connectivity index (χ0v) is 71.9. The Hall–Kier alpha value is -3.33. The lowest BCUT2D eigenvalue weighted by Crippen LogP contribution is -2.74. The molecule has 4 aromatic carbocycles. The van der Waals surface area contributed by atoms with Gasteiger partial charge >= 0.3 is 24.7 Å². The van der Waals surface area contributed by atoms with Gasteiger partial charge in [0.2, 0.25) is 14.1 Å². The third kappa shape index (κ3) is 42.5. The van der Waals surface area contributed by atoms with Crippen molar-refractivity contribution < 1.29 is 52.7 Å². The zero-order valence-electron chi connectivity index (χ0n) is 70.1. The highest BCUT2D eigenvalue weighted by molar-refractivity contribution is 7.73. The second-order valence-corrected chi connectivity index (χ2v) is 40.7. The fourth-order valence-corrected chi connectivity index (χ4v) is 28.2. The summed E-state index contributed by atoms with van der Waals surface area (Å²) in [6.45, 7) is 14.2. The Morgan fingerprint density at radius 2 is 0.309 bits per heavy atom. The van der Waals surface area contributed by atoms with Crippen molar-refractivity contribution in [1.82, 2.24) is 4.17 Å². The van der Waals surface area contributed by atoms with E-state index >= 15 is 0 Å². The summed E-state index contributed by atoms with van der Waals surface area (Å²) in [7, 11) is -2.77. The second kappa shape index (κ2) is 59.3. The number of hydrogen-bond donors (Lipinski definition) is 0. The first-order valence-electron chi connectivity index (χ1n) is 45.2. The highest BCUT2D eigenvalue weighted by Gasteiger charge is 2.40. The fourth-order valence-electron chi connectivity index (χ4n) is 16.6. The van der Waals surface area contributed by atoms with E-state index in [-0.39, 0.29) is 21.9 Å². The van der Waals surface area contributed by atoms with Crippen LogP contribution in [0.4, 0.5) is 52.7 Å². The number of benzene rings is 4. The van der Waals surface area contributed by atoms with Crippen LogP contribution in [0.2, 0.25) is 0 Å². The summed E-state index contributed by atoms with van der Waals surface area (Å²) in [6, 6.07) is 13.6. The van der Waals surface area contributed by atoms with Gasteiger partial charge in [0.05, 0.1) is 22.3 Å². The molecule has 0 aliphatic rings. The Balaban J connectivity index is 0.000000643. The molecular formula is C94H154BF12NP2. The first kappa shape index (κ1) is 101. The lowest BCUT2D eigenvalue weighted by Gasteiger charge is -2.44. The van der Waals surface area contributed by atoms with Crippen LogP contribution < -0.4 is 26.0 Å². The number of hydrogen-bond acceptors (Lipinski definition) is 0. The maximum atomic E-state index is 13.3. The van der Waals surface area contributed by atoms with Crippen molar-refractivity contribution >= 4 is 42.1 Å². The van der Waals surface area contributed by atoms with Crippen molar-refractivity contribution in [3.63, 3.8) is 0 Å². The van der Waals surface area contributed by atoms with E-state index in [1.807, 2.05) is 0 Å². The van der Waals surface area contributed by atoms with Crippen molar-refractivity contribution in [3.8, 4) is 0 Å². The Morgan fingerprint density at radius 3 is 0.427 bits per heavy atom. The van der Waals surface area contributed by atoms with E-state index in [1.165, 1.54) is 384 Å². The molecule has 16 heteroatoms. The first-order valence-corrected chi connectivity index (χ1v) is 49.8. The van der Waals surface area contributed by atoms with Crippen molar-refractivity contribution in [2.75, 3.05) is 37.0 Å². The first-order chi connectivity index (χ1) is 52.9. The van der Waals surface area contributed by atoms with Crippen LogP contribution in [0.1, 0.15) is 411 Å². The van der Waals surface area contributed by atoms with Crippen LogP contribution in [-0.4, -0.2) is 43.1 Å². The smallest absolute Gasteiger partial charge is 0.195 e. The van der Waals surface area contributed by atoms with Gasteiger partial charge in [-0.2, -0.15) is 78.7 Å². The SMILES string of the molecule is CCCCCCCCCCCP(CCCCCCCCCCC)(CCCCCCCCCCC)=[N+]=P(CCCCCCCCCCC)(CCCCCCCCCCC)CCCCCCCCCCC.FC(F)(F)c1ccc([B-](c2ccc(C(F)(F)F)cc2)(c2ccc(C(F)(F)F)cc2)c2ccc(C(F)(F)F)cc2)cc1. The summed E-state index contributed by atoms with van der Waals surface area (Å²) in [5.74, 6) is 0. The molecule has 0 aliphatic carbocycles. The van der Waals surface area contributed by atoms with Crippen LogP contribution in [-0.2, 0) is 24.7 Å². The van der Waals surface area contributed by atoms with Gasteiger partial charge < -0.3 is 0 Å². The van der Waals surface area contributed by atoms with Crippen LogP contribution in [0.3, 0.4) is 0 Å². The van der Waals surface area contributed by atoms with Crippen molar-refractivity contribution in [3.05, 3.63) is 119 Å². The number of rotatable bonds is 64. The number of unbranched alkanes of at least 4 members (excludes halogenated alkanes) is 48. The Bertz CT molecular complexity index is 2530. The molecule has 0 aromatic heterocycles. The second-order valence-electron chi connectivity index (χ2n) is 32.9. The molecule has 4 rings (SSSR count). The molecule has 0 unspecified atom stereocenters. The summed E-state index contributed by atoms with van der Waals surface area (Å²) >= 11 is 0. The minimum absolute atomic E-state index is 0.0114. The lowest BCUT2D eigenvalue weighted by molar-refractivity contribution is -0.138. The minimum atomic E-state index is -4.77. The summed E-state index contributed by atoms with van der Waals surface area (Å²) in [5, 5.41) is 0. The van der Waals surface area contributed by atoms with Crippen molar-refractivity contribution in [2.45, 2.75) is 413 Å². The highest BCUT2D eigenvalue weighted by Crippen LogP contribution is 2.57. The molecule has 0 heterocycles. The molecule has 0 atom stereocenters. The number of nitrogens with zero attached hydrogens (tertiary/aromatic N) is 1. The van der Waals surface area contributed by atoms with Gasteiger partial charge in [-0.1, -0.05) is 447 Å². The molecule has 0 saturated heterocycles. The summed E-state index contributed by atoms with van der Waals surface area (Å²) < 4.78 is 167. The molecule has 1 nitrogen and oxygen atoms in total. The van der Waals surface area contributed by atoms with Gasteiger partial charge in [0.15, 0.2) is 0 Å². The molecule has 0 N–H and O–H groups in total. The normalized spacial score (nSPS) is 12.6. The Morgan fingerprint density at radius 1 is 0.191 bits per heavy atom. The van der Waals surface area contributed by atoms with Crippen LogP contribution in [0.5, 0.6) is 0 Å². The standard InChI is InChI=1S/C66H138NP2.C28H16BF12/c1-7-13-19-25-31-37-43-49-55-61-68(62-56-50-44-38-32-26-20-14-8-2,63-57-51-45-39-33-27-21-15-9-3)67-69(64-58-52-46-40-34-28-22-16-10-4,65-59-53-47-41-35-29-23-17-11-5)66-60-54-48-42-36-30-24-18-12-6;30-25(31,32)17-1-9-21(10-2-17)29(22-11-3-18(4-12-22)26(33,34)35,23-13-5-19(6-14-23)27(36,37)38)24-15-7-20(8-16-24)28(39,40)41/h7-66H2,1-6H3;1-16H/q+1;-1. The highest BCUT2D eigenvalue weighted by atomic mass is 31.2. The zero-order chi connectivity index (χ0) is 80.6. The van der Waals surface area contributed by atoms with E-state index in [9.17, 15) is 52.7 Å². The summed E-state index contributed by atoms with van der Waals surface area (Å²) in [4.78, 5) is 0. The summed E-state index contributed by atoms with van der Waals surface area (Å²) in [5.41, 5.74) is -4.29. The molecule has 110 heavy (non-hydrogen) atoms.